The number of methoxy groups -OCH3 is 1. The standard InChI is InChI=1S/C40H41N7O5/c1-20(2)35(45-39(49)52-3)38(48)46-31-14-27(31)16-33(46)36-41-18-29(43-36)22-6-4-21(5-7-22)23-8-9-25-13-26(11-10-24(25)12-23)30-19-42-37(44-30)34-17-28-15-32(28)47(34)40(50)51/h4-13,18-20,27-28,31-35H,14-17H2,1-3H3,(H,41,43)(H,42,44)(H,45,49)(H,50,51)/t27-,28?,31-,32?,33+,34?,35?/m1/s1. The first-order valence-electron chi connectivity index (χ1n) is 18.1. The lowest BCUT2D eigenvalue weighted by Crippen LogP contribution is -2.52. The number of nitrogens with one attached hydrogen (secondary N) is 3. The molecule has 7 atom stereocenters. The number of piperidine rings is 2. The number of likely N-dealkylation sites (tertiary alicyclic amines) is 2. The fourth-order valence-electron chi connectivity index (χ4n) is 8.59. The predicted octanol–water partition coefficient (Wildman–Crippen LogP) is 7.14. The van der Waals surface area contributed by atoms with Crippen molar-refractivity contribution in [1.29, 1.82) is 0 Å². The minimum atomic E-state index is -0.871. The highest BCUT2D eigenvalue weighted by Gasteiger charge is 2.57. The molecule has 2 saturated carbocycles. The molecule has 12 heteroatoms. The van der Waals surface area contributed by atoms with Crippen molar-refractivity contribution in [2.45, 2.75) is 69.7 Å². The molecule has 0 radical (unpaired) electrons. The Kier molecular flexibility index (Phi) is 7.60. The number of fused-ring (bicyclic) bond motifs is 3. The molecule has 3 amide bonds. The molecule has 5 aromatic rings. The van der Waals surface area contributed by atoms with Gasteiger partial charge in [-0.1, -0.05) is 62.4 Å². The van der Waals surface area contributed by atoms with Crippen LogP contribution in [0.4, 0.5) is 9.59 Å². The van der Waals surface area contributed by atoms with Gasteiger partial charge in [-0.25, -0.2) is 19.6 Å². The fraction of sp³-hybridized carbons (Fsp3) is 0.375. The first-order chi connectivity index (χ1) is 25.2. The molecule has 2 aliphatic heterocycles. The van der Waals surface area contributed by atoms with Crippen LogP contribution in [0.3, 0.4) is 0 Å². The topological polar surface area (TPSA) is 157 Å². The van der Waals surface area contributed by atoms with E-state index in [-0.39, 0.29) is 36.0 Å². The smallest absolute Gasteiger partial charge is 0.408 e. The highest BCUT2D eigenvalue weighted by molar-refractivity contribution is 5.91. The molecule has 4 N–H and O–H groups in total. The van der Waals surface area contributed by atoms with Crippen LogP contribution in [0.25, 0.3) is 44.4 Å². The fourth-order valence-corrected chi connectivity index (χ4v) is 8.59. The summed E-state index contributed by atoms with van der Waals surface area (Å²) >= 11 is 0. The van der Waals surface area contributed by atoms with Gasteiger partial charge in [-0.05, 0) is 77.5 Å². The zero-order chi connectivity index (χ0) is 35.8. The van der Waals surface area contributed by atoms with Crippen LogP contribution in [0.2, 0.25) is 0 Å². The lowest BCUT2D eigenvalue weighted by molar-refractivity contribution is -0.136. The van der Waals surface area contributed by atoms with Gasteiger partial charge in [0.15, 0.2) is 0 Å². The zero-order valence-corrected chi connectivity index (χ0v) is 29.2. The number of carboxylic acid groups (broad SMARTS) is 1. The van der Waals surface area contributed by atoms with Gasteiger partial charge in [0, 0.05) is 29.4 Å². The number of benzene rings is 3. The van der Waals surface area contributed by atoms with Crippen molar-refractivity contribution in [3.8, 4) is 33.6 Å². The number of H-pyrrole nitrogens is 2. The first-order valence-corrected chi connectivity index (χ1v) is 18.1. The van der Waals surface area contributed by atoms with Crippen LogP contribution >= 0.6 is 0 Å². The predicted molar refractivity (Wildman–Crippen MR) is 194 cm³/mol. The lowest BCUT2D eigenvalue weighted by atomic mass is 9.98. The van der Waals surface area contributed by atoms with E-state index in [4.69, 9.17) is 9.72 Å². The number of rotatable bonds is 8. The van der Waals surface area contributed by atoms with Gasteiger partial charge in [-0.2, -0.15) is 0 Å². The number of amides is 3. The number of ether oxygens (including phenoxy) is 1. The number of alkyl carbamates (subject to hydrolysis) is 1. The van der Waals surface area contributed by atoms with E-state index >= 15 is 0 Å². The molecule has 2 aliphatic carbocycles. The summed E-state index contributed by atoms with van der Waals surface area (Å²) in [5, 5.41) is 14.7. The number of hydrogen-bond donors (Lipinski definition) is 4. The second kappa shape index (κ2) is 12.2. The largest absolute Gasteiger partial charge is 0.465 e. The lowest BCUT2D eigenvalue weighted by Gasteiger charge is -2.31. The number of carbonyl (C=O) groups excluding carboxylic acids is 2. The van der Waals surface area contributed by atoms with Crippen LogP contribution in [-0.2, 0) is 9.53 Å². The number of aromatic amines is 2. The second-order valence-corrected chi connectivity index (χ2v) is 15.1. The maximum Gasteiger partial charge on any atom is 0.408 e. The van der Waals surface area contributed by atoms with E-state index < -0.39 is 18.2 Å². The summed E-state index contributed by atoms with van der Waals surface area (Å²) in [4.78, 5) is 57.4. The van der Waals surface area contributed by atoms with Gasteiger partial charge in [0.1, 0.15) is 17.7 Å². The average molecular weight is 700 g/mol. The molecule has 0 spiro atoms. The van der Waals surface area contributed by atoms with E-state index in [2.05, 4.69) is 80.9 Å². The number of imidazole rings is 2. The van der Waals surface area contributed by atoms with Crippen LogP contribution in [0.5, 0.6) is 0 Å². The Morgan fingerprint density at radius 3 is 2.12 bits per heavy atom. The van der Waals surface area contributed by atoms with Crippen molar-refractivity contribution in [3.63, 3.8) is 0 Å². The molecular formula is C40H41N7O5. The Hall–Kier alpha value is -5.65. The van der Waals surface area contributed by atoms with Gasteiger partial charge in [0.2, 0.25) is 5.91 Å². The number of nitrogens with zero attached hydrogens (tertiary/aromatic N) is 4. The molecule has 12 nitrogen and oxygen atoms in total. The summed E-state index contributed by atoms with van der Waals surface area (Å²) in [6.45, 7) is 3.85. The van der Waals surface area contributed by atoms with Crippen LogP contribution in [-0.4, -0.2) is 78.2 Å². The summed E-state index contributed by atoms with van der Waals surface area (Å²) in [6.07, 6.45) is 5.85. The van der Waals surface area contributed by atoms with E-state index in [0.717, 1.165) is 75.9 Å². The molecule has 4 heterocycles. The normalized spacial score (nSPS) is 24.8. The highest BCUT2D eigenvalue weighted by atomic mass is 16.5. The number of carbonyl (C=O) groups is 3. The molecule has 4 unspecified atom stereocenters. The van der Waals surface area contributed by atoms with Crippen molar-refractivity contribution >= 4 is 28.9 Å². The monoisotopic (exact) mass is 699 g/mol. The quantitative estimate of drug-likeness (QED) is 0.134. The van der Waals surface area contributed by atoms with E-state index in [9.17, 15) is 19.5 Å². The van der Waals surface area contributed by atoms with Crippen LogP contribution < -0.4 is 5.32 Å². The molecule has 52 heavy (non-hydrogen) atoms. The van der Waals surface area contributed by atoms with Gasteiger partial charge in [0.05, 0.1) is 36.8 Å². The Labute approximate surface area is 300 Å². The maximum absolute atomic E-state index is 13.7. The molecular weight excluding hydrogens is 658 g/mol. The summed E-state index contributed by atoms with van der Waals surface area (Å²) < 4.78 is 4.79. The van der Waals surface area contributed by atoms with Gasteiger partial charge in [-0.15, -0.1) is 0 Å². The third-order valence-electron chi connectivity index (χ3n) is 11.6. The Morgan fingerprint density at radius 2 is 1.44 bits per heavy atom. The van der Waals surface area contributed by atoms with Crippen molar-refractivity contribution in [1.82, 2.24) is 35.1 Å². The van der Waals surface area contributed by atoms with Gasteiger partial charge in [0.25, 0.3) is 0 Å². The maximum atomic E-state index is 13.7. The van der Waals surface area contributed by atoms with E-state index in [1.807, 2.05) is 24.9 Å². The molecule has 4 fully saturated rings. The molecule has 9 rings (SSSR count). The molecule has 0 bridgehead atoms. The van der Waals surface area contributed by atoms with Crippen LogP contribution in [0, 0.1) is 17.8 Å². The van der Waals surface area contributed by atoms with Crippen molar-refractivity contribution in [2.75, 3.05) is 7.11 Å². The van der Waals surface area contributed by atoms with E-state index in [1.165, 1.54) is 7.11 Å². The van der Waals surface area contributed by atoms with Crippen molar-refractivity contribution < 1.29 is 24.2 Å². The highest BCUT2D eigenvalue weighted by Crippen LogP contribution is 2.54. The third-order valence-corrected chi connectivity index (χ3v) is 11.6. The molecule has 2 saturated heterocycles. The number of hydrogen-bond acceptors (Lipinski definition) is 6. The average Bonchev–Trinajstić information content (AvgIpc) is 3.74. The third kappa shape index (κ3) is 5.57. The summed E-state index contributed by atoms with van der Waals surface area (Å²) in [5.74, 6) is 2.21. The van der Waals surface area contributed by atoms with Crippen LogP contribution in [0.1, 0.15) is 63.3 Å². The van der Waals surface area contributed by atoms with Crippen molar-refractivity contribution in [3.05, 3.63) is 84.7 Å². The molecule has 2 aromatic heterocycles. The zero-order valence-electron chi connectivity index (χ0n) is 29.2. The molecule has 3 aromatic carbocycles. The summed E-state index contributed by atoms with van der Waals surface area (Å²) in [6, 6.07) is 20.4. The minimum absolute atomic E-state index is 0.0897. The molecule has 4 aliphatic rings. The minimum Gasteiger partial charge on any atom is -0.465 e. The van der Waals surface area contributed by atoms with Crippen molar-refractivity contribution in [2.24, 2.45) is 17.8 Å². The number of aromatic nitrogens is 4. The first kappa shape index (κ1) is 32.3. The van der Waals surface area contributed by atoms with Crippen LogP contribution in [0.15, 0.2) is 73.1 Å². The van der Waals surface area contributed by atoms with E-state index in [1.54, 1.807) is 11.1 Å². The Balaban J connectivity index is 0.896. The summed E-state index contributed by atoms with van der Waals surface area (Å²) in [5.41, 5.74) is 5.87. The summed E-state index contributed by atoms with van der Waals surface area (Å²) in [7, 11) is 1.30. The van der Waals surface area contributed by atoms with Gasteiger partial charge < -0.3 is 30.0 Å². The molecule has 266 valence electrons. The van der Waals surface area contributed by atoms with Gasteiger partial charge >= 0.3 is 12.2 Å². The Morgan fingerprint density at radius 1 is 0.827 bits per heavy atom. The SMILES string of the molecule is COC(=O)NC(C(=O)N1[C@@H]2C[C@@H]2C[C@H]1c1nc(-c2ccc(-c3ccc4cc(-c5cnc(C6CC7CC7N6C(=O)O)[nH]5)ccc4c3)cc2)c[nH]1)C(C)C. The Bertz CT molecular complexity index is 2210. The van der Waals surface area contributed by atoms with Gasteiger partial charge in [-0.3, -0.25) is 9.69 Å². The second-order valence-electron chi connectivity index (χ2n) is 15.1. The van der Waals surface area contributed by atoms with E-state index in [0.29, 0.717) is 17.7 Å².